The molecule has 198 valence electrons. The van der Waals surface area contributed by atoms with Crippen molar-refractivity contribution in [1.82, 2.24) is 0 Å². The second-order valence-electron chi connectivity index (χ2n) is 10.9. The first kappa shape index (κ1) is 24.5. The molecule has 1 fully saturated rings. The van der Waals surface area contributed by atoms with Gasteiger partial charge in [0.2, 0.25) is 11.8 Å². The van der Waals surface area contributed by atoms with Crippen LogP contribution in [0.4, 0.5) is 11.4 Å². The molecular formula is C35H22Cl2N2O2. The zero-order valence-corrected chi connectivity index (χ0v) is 23.2. The number of fused-ring (bicyclic) bond motifs is 1. The summed E-state index contributed by atoms with van der Waals surface area (Å²) in [6.07, 6.45) is 1.84. The van der Waals surface area contributed by atoms with Gasteiger partial charge in [0.05, 0.1) is 33.6 Å². The third-order valence-corrected chi connectivity index (χ3v) is 9.56. The molecule has 5 aromatic carbocycles. The van der Waals surface area contributed by atoms with Crippen LogP contribution in [0.3, 0.4) is 0 Å². The molecule has 41 heavy (non-hydrogen) atoms. The Morgan fingerprint density at radius 3 is 2.15 bits per heavy atom. The standard InChI is InChI=1S/C35H22Cl2N2O2/c36-21-16-17-27(37)28(18-21)38-19-35-25-13-5-3-11-23(25)30(24-12-4-6-14-26(24)35)31-32(35)34(41)39(33(31)40)29-15-7-9-20-8-1-2-10-22(20)29/h1-19,30-32H/t30?,31-,32-,35?/m0/s1. The SMILES string of the molecule is O=C1[C@@H]2[C@@H](C(=O)N1c1cccc3ccccc13)C1c3ccccc3C2(C=Nc2cc(Cl)ccc2Cl)c2ccccc21. The van der Waals surface area contributed by atoms with Gasteiger partial charge in [0.15, 0.2) is 0 Å². The number of rotatable bonds is 3. The minimum absolute atomic E-state index is 0.177. The lowest BCUT2D eigenvalue weighted by atomic mass is 9.47. The molecule has 3 aliphatic carbocycles. The maximum Gasteiger partial charge on any atom is 0.239 e. The van der Waals surface area contributed by atoms with Gasteiger partial charge >= 0.3 is 0 Å². The molecule has 1 heterocycles. The molecule has 5 aromatic rings. The number of amides is 2. The third kappa shape index (κ3) is 3.26. The number of anilines is 1. The maximum absolute atomic E-state index is 14.7. The first-order valence-corrected chi connectivity index (χ1v) is 14.3. The van der Waals surface area contributed by atoms with Crippen molar-refractivity contribution in [2.75, 3.05) is 4.90 Å². The predicted molar refractivity (Wildman–Crippen MR) is 164 cm³/mol. The van der Waals surface area contributed by atoms with Gasteiger partial charge in [-0.15, -0.1) is 0 Å². The predicted octanol–water partition coefficient (Wildman–Crippen LogP) is 8.10. The highest BCUT2D eigenvalue weighted by Crippen LogP contribution is 2.64. The number of imide groups is 1. The van der Waals surface area contributed by atoms with Crippen LogP contribution < -0.4 is 4.90 Å². The van der Waals surface area contributed by atoms with E-state index in [0.717, 1.165) is 33.0 Å². The van der Waals surface area contributed by atoms with Crippen LogP contribution in [-0.4, -0.2) is 18.0 Å². The lowest BCUT2D eigenvalue weighted by Crippen LogP contribution is -2.54. The van der Waals surface area contributed by atoms with Crippen molar-refractivity contribution >= 4 is 63.4 Å². The quantitative estimate of drug-likeness (QED) is 0.162. The molecule has 4 nitrogen and oxygen atoms in total. The molecule has 0 N–H and O–H groups in total. The van der Waals surface area contributed by atoms with Gasteiger partial charge in [-0.05, 0) is 51.9 Å². The highest BCUT2D eigenvalue weighted by Gasteiger charge is 2.68. The smallest absolute Gasteiger partial charge is 0.239 e. The Morgan fingerprint density at radius 2 is 1.39 bits per heavy atom. The molecule has 0 aromatic heterocycles. The lowest BCUT2D eigenvalue weighted by Gasteiger charge is -2.52. The van der Waals surface area contributed by atoms with E-state index < -0.39 is 17.3 Å². The third-order valence-electron chi connectivity index (χ3n) is 9.01. The van der Waals surface area contributed by atoms with E-state index in [-0.39, 0.29) is 17.7 Å². The van der Waals surface area contributed by atoms with Crippen LogP contribution in [0.1, 0.15) is 28.2 Å². The number of benzene rings is 5. The van der Waals surface area contributed by atoms with Gasteiger partial charge in [0, 0.05) is 22.5 Å². The second kappa shape index (κ2) is 8.87. The number of carbonyl (C=O) groups excluding carboxylic acids is 2. The van der Waals surface area contributed by atoms with Crippen molar-refractivity contribution in [3.05, 3.63) is 141 Å². The average molecular weight is 573 g/mol. The zero-order chi connectivity index (χ0) is 27.9. The van der Waals surface area contributed by atoms with E-state index in [9.17, 15) is 9.59 Å². The minimum Gasteiger partial charge on any atom is -0.274 e. The topological polar surface area (TPSA) is 49.7 Å². The van der Waals surface area contributed by atoms with E-state index in [1.54, 1.807) is 18.2 Å². The van der Waals surface area contributed by atoms with Crippen LogP contribution in [0.2, 0.25) is 10.0 Å². The van der Waals surface area contributed by atoms with Gasteiger partial charge in [-0.2, -0.15) is 0 Å². The van der Waals surface area contributed by atoms with Crippen molar-refractivity contribution < 1.29 is 9.59 Å². The number of hydrogen-bond donors (Lipinski definition) is 0. The van der Waals surface area contributed by atoms with E-state index in [1.165, 1.54) is 4.90 Å². The molecule has 6 heteroatoms. The van der Waals surface area contributed by atoms with Crippen LogP contribution in [-0.2, 0) is 15.0 Å². The van der Waals surface area contributed by atoms with Crippen molar-refractivity contribution in [3.8, 4) is 0 Å². The highest BCUT2D eigenvalue weighted by molar-refractivity contribution is 6.35. The van der Waals surface area contributed by atoms with Crippen LogP contribution in [0.5, 0.6) is 0 Å². The normalized spacial score (nSPS) is 24.1. The van der Waals surface area contributed by atoms with Gasteiger partial charge in [-0.1, -0.05) is 108 Å². The van der Waals surface area contributed by atoms with Gasteiger partial charge in [-0.3, -0.25) is 14.6 Å². The Balaban J connectivity index is 1.41. The average Bonchev–Trinajstić information content (AvgIpc) is 3.27. The lowest BCUT2D eigenvalue weighted by molar-refractivity contribution is -0.122. The van der Waals surface area contributed by atoms with Crippen LogP contribution in [0.15, 0.2) is 114 Å². The fourth-order valence-corrected chi connectivity index (χ4v) is 7.78. The number of aliphatic imine (C=N–C) groups is 1. The monoisotopic (exact) mass is 572 g/mol. The summed E-state index contributed by atoms with van der Waals surface area (Å²) >= 11 is 12.8. The Labute approximate surface area is 246 Å². The zero-order valence-electron chi connectivity index (χ0n) is 21.7. The number of carbonyl (C=O) groups is 2. The van der Waals surface area contributed by atoms with Crippen molar-refractivity contribution in [2.45, 2.75) is 11.3 Å². The fraction of sp³-hybridized carbons (Fsp3) is 0.114. The maximum atomic E-state index is 14.7. The Bertz CT molecular complexity index is 1910. The second-order valence-corrected chi connectivity index (χ2v) is 11.7. The molecule has 2 amide bonds. The van der Waals surface area contributed by atoms with E-state index in [4.69, 9.17) is 28.2 Å². The van der Waals surface area contributed by atoms with E-state index >= 15 is 0 Å². The molecular weight excluding hydrogens is 551 g/mol. The Hall–Kier alpha value is -4.25. The summed E-state index contributed by atoms with van der Waals surface area (Å²) in [5.74, 6) is -1.88. The number of hydrogen-bond acceptors (Lipinski definition) is 3. The van der Waals surface area contributed by atoms with Gasteiger partial charge in [-0.25, -0.2) is 4.90 Å². The summed E-state index contributed by atoms with van der Waals surface area (Å²) < 4.78 is 0. The summed E-state index contributed by atoms with van der Waals surface area (Å²) in [6.45, 7) is 0. The summed E-state index contributed by atoms with van der Waals surface area (Å²) in [4.78, 5) is 35.6. The molecule has 2 atom stereocenters. The summed E-state index contributed by atoms with van der Waals surface area (Å²) in [7, 11) is 0. The first-order chi connectivity index (χ1) is 20.0. The largest absolute Gasteiger partial charge is 0.274 e. The molecule has 0 unspecified atom stereocenters. The van der Waals surface area contributed by atoms with E-state index in [1.807, 2.05) is 72.9 Å². The van der Waals surface area contributed by atoms with Gasteiger partial charge < -0.3 is 0 Å². The van der Waals surface area contributed by atoms with Crippen LogP contribution in [0.25, 0.3) is 10.8 Å². The van der Waals surface area contributed by atoms with E-state index in [2.05, 4.69) is 24.3 Å². The molecule has 1 saturated heterocycles. The summed E-state index contributed by atoms with van der Waals surface area (Å²) in [5.41, 5.74) is 4.24. The fourth-order valence-electron chi connectivity index (χ4n) is 7.45. The van der Waals surface area contributed by atoms with E-state index in [0.29, 0.717) is 21.4 Å². The highest BCUT2D eigenvalue weighted by atomic mass is 35.5. The molecule has 9 rings (SSSR count). The molecule has 0 saturated carbocycles. The van der Waals surface area contributed by atoms with Crippen molar-refractivity contribution in [1.29, 1.82) is 0 Å². The van der Waals surface area contributed by atoms with Crippen molar-refractivity contribution in [3.63, 3.8) is 0 Å². The van der Waals surface area contributed by atoms with Gasteiger partial charge in [0.1, 0.15) is 0 Å². The Kier molecular flexibility index (Phi) is 5.31. The van der Waals surface area contributed by atoms with Gasteiger partial charge in [0.25, 0.3) is 0 Å². The first-order valence-electron chi connectivity index (χ1n) is 13.6. The molecule has 4 aliphatic rings. The molecule has 0 radical (unpaired) electrons. The molecule has 1 aliphatic heterocycles. The number of halogens is 2. The summed E-state index contributed by atoms with van der Waals surface area (Å²) in [6, 6.07) is 35.0. The van der Waals surface area contributed by atoms with Crippen molar-refractivity contribution in [2.24, 2.45) is 16.8 Å². The molecule has 2 bridgehead atoms. The van der Waals surface area contributed by atoms with Crippen LogP contribution >= 0.6 is 23.2 Å². The number of nitrogens with zero attached hydrogens (tertiary/aromatic N) is 2. The van der Waals surface area contributed by atoms with Crippen LogP contribution in [0, 0.1) is 11.8 Å². The summed E-state index contributed by atoms with van der Waals surface area (Å²) in [5, 5.41) is 2.81. The molecule has 0 spiro atoms. The minimum atomic E-state index is -0.982. The Morgan fingerprint density at radius 1 is 0.732 bits per heavy atom.